The van der Waals surface area contributed by atoms with E-state index in [0.717, 1.165) is 11.2 Å². The van der Waals surface area contributed by atoms with Gasteiger partial charge in [0, 0.05) is 11.4 Å². The lowest BCUT2D eigenvalue weighted by atomic mass is 10.3. The second-order valence-electron chi connectivity index (χ2n) is 3.98. The van der Waals surface area contributed by atoms with Gasteiger partial charge in [-0.2, -0.15) is 0 Å². The zero-order valence-electron chi connectivity index (χ0n) is 9.61. The van der Waals surface area contributed by atoms with Gasteiger partial charge in [-0.1, -0.05) is 11.6 Å². The number of thiazole rings is 1. The fourth-order valence-corrected chi connectivity index (χ4v) is 2.84. The molecule has 0 amide bonds. The largest absolute Gasteiger partial charge is 0.321 e. The number of aromatic nitrogens is 3. The second-order valence-corrected chi connectivity index (χ2v) is 5.38. The summed E-state index contributed by atoms with van der Waals surface area (Å²) in [6, 6.07) is 2.90. The van der Waals surface area contributed by atoms with Crippen molar-refractivity contribution in [3.63, 3.8) is 0 Å². The maximum absolute atomic E-state index is 13.4. The van der Waals surface area contributed by atoms with Crippen LogP contribution in [0.25, 0.3) is 11.0 Å². The average Bonchev–Trinajstić information content (AvgIpc) is 3.00. The summed E-state index contributed by atoms with van der Waals surface area (Å²) < 4.78 is 15.4. The molecular formula is C12H8Cl2FN3S. The molecule has 1 aromatic carbocycles. The summed E-state index contributed by atoms with van der Waals surface area (Å²) in [5, 5.41) is 2.03. The molecule has 3 rings (SSSR count). The molecule has 0 aliphatic carbocycles. The average molecular weight is 316 g/mol. The first-order valence-corrected chi connectivity index (χ1v) is 7.31. The van der Waals surface area contributed by atoms with Crippen molar-refractivity contribution in [1.82, 2.24) is 14.5 Å². The highest BCUT2D eigenvalue weighted by atomic mass is 35.5. The lowest BCUT2D eigenvalue weighted by Gasteiger charge is -2.05. The van der Waals surface area contributed by atoms with Crippen LogP contribution in [0.4, 0.5) is 4.39 Å². The van der Waals surface area contributed by atoms with Crippen LogP contribution in [-0.2, 0) is 12.4 Å². The number of benzene rings is 1. The van der Waals surface area contributed by atoms with Crippen LogP contribution in [0.15, 0.2) is 23.0 Å². The molecule has 0 saturated heterocycles. The fraction of sp³-hybridized carbons (Fsp3) is 0.167. The minimum Gasteiger partial charge on any atom is -0.321 e. The molecule has 0 spiro atoms. The van der Waals surface area contributed by atoms with Crippen molar-refractivity contribution in [2.45, 2.75) is 12.4 Å². The standard InChI is InChI=1S/C12H8Cl2FN3S/c13-3-12-17-10-2-9(15)8(14)1-11(10)18(12)4-7-5-19-6-16-7/h1-2,5-6H,3-4H2. The van der Waals surface area contributed by atoms with Gasteiger partial charge in [0.2, 0.25) is 0 Å². The molecule has 98 valence electrons. The first-order chi connectivity index (χ1) is 9.19. The molecule has 0 aliphatic heterocycles. The molecule has 3 aromatic rings. The highest BCUT2D eigenvalue weighted by Crippen LogP contribution is 2.25. The summed E-state index contributed by atoms with van der Waals surface area (Å²) in [5.74, 6) is 0.442. The van der Waals surface area contributed by atoms with Gasteiger partial charge < -0.3 is 4.57 Å². The van der Waals surface area contributed by atoms with Crippen LogP contribution in [0.5, 0.6) is 0 Å². The Bertz CT molecular complexity index is 724. The third kappa shape index (κ3) is 2.33. The second kappa shape index (κ2) is 5.07. The fourth-order valence-electron chi connectivity index (χ4n) is 1.93. The number of hydrogen-bond acceptors (Lipinski definition) is 3. The van der Waals surface area contributed by atoms with Gasteiger partial charge in [0.1, 0.15) is 11.6 Å². The Kier molecular flexibility index (Phi) is 3.43. The summed E-state index contributed by atoms with van der Waals surface area (Å²) in [5.41, 5.74) is 3.99. The Morgan fingerprint density at radius 3 is 2.89 bits per heavy atom. The molecule has 0 unspecified atom stereocenters. The highest BCUT2D eigenvalue weighted by Gasteiger charge is 2.13. The molecule has 2 aromatic heterocycles. The monoisotopic (exact) mass is 315 g/mol. The molecule has 19 heavy (non-hydrogen) atoms. The van der Waals surface area contributed by atoms with Crippen molar-refractivity contribution in [3.05, 3.63) is 45.4 Å². The van der Waals surface area contributed by atoms with Gasteiger partial charge in [-0.25, -0.2) is 14.4 Å². The van der Waals surface area contributed by atoms with Crippen molar-refractivity contribution < 1.29 is 4.39 Å². The van der Waals surface area contributed by atoms with E-state index in [-0.39, 0.29) is 10.9 Å². The van der Waals surface area contributed by atoms with E-state index < -0.39 is 5.82 Å². The zero-order valence-corrected chi connectivity index (χ0v) is 11.9. The van der Waals surface area contributed by atoms with Gasteiger partial charge in [0.25, 0.3) is 0 Å². The van der Waals surface area contributed by atoms with Crippen molar-refractivity contribution in [2.24, 2.45) is 0 Å². The van der Waals surface area contributed by atoms with Crippen LogP contribution in [0.2, 0.25) is 5.02 Å². The number of nitrogens with zero attached hydrogens (tertiary/aromatic N) is 3. The molecule has 0 bridgehead atoms. The zero-order chi connectivity index (χ0) is 13.4. The van der Waals surface area contributed by atoms with E-state index in [1.165, 1.54) is 17.4 Å². The van der Waals surface area contributed by atoms with Gasteiger partial charge in [0.15, 0.2) is 0 Å². The Hall–Kier alpha value is -1.17. The molecule has 0 aliphatic rings. The van der Waals surface area contributed by atoms with Crippen LogP contribution in [0, 0.1) is 5.82 Å². The maximum atomic E-state index is 13.4. The van der Waals surface area contributed by atoms with Crippen LogP contribution >= 0.6 is 34.5 Å². The smallest absolute Gasteiger partial charge is 0.144 e. The number of halogens is 3. The van der Waals surface area contributed by atoms with Gasteiger partial charge in [-0.05, 0) is 6.07 Å². The number of fused-ring (bicyclic) bond motifs is 1. The van der Waals surface area contributed by atoms with Gasteiger partial charge in [-0.3, -0.25) is 0 Å². The molecule has 7 heteroatoms. The third-order valence-electron chi connectivity index (χ3n) is 2.79. The summed E-state index contributed by atoms with van der Waals surface area (Å²) >= 11 is 13.2. The van der Waals surface area contributed by atoms with E-state index in [2.05, 4.69) is 9.97 Å². The Morgan fingerprint density at radius 2 is 2.21 bits per heavy atom. The summed E-state index contributed by atoms with van der Waals surface area (Å²) in [6.07, 6.45) is 0. The van der Waals surface area contributed by atoms with Crippen LogP contribution in [-0.4, -0.2) is 14.5 Å². The Morgan fingerprint density at radius 1 is 1.37 bits per heavy atom. The molecule has 0 radical (unpaired) electrons. The van der Waals surface area contributed by atoms with Crippen LogP contribution in [0.3, 0.4) is 0 Å². The predicted octanol–water partition coefficient (Wildman–Crippen LogP) is 4.07. The molecule has 2 heterocycles. The van der Waals surface area contributed by atoms with E-state index in [4.69, 9.17) is 23.2 Å². The summed E-state index contributed by atoms with van der Waals surface area (Å²) in [6.45, 7) is 0.546. The SMILES string of the molecule is Fc1cc2nc(CCl)n(Cc3cscn3)c2cc1Cl. The van der Waals surface area contributed by atoms with E-state index in [0.29, 0.717) is 17.9 Å². The molecule has 0 atom stereocenters. The third-order valence-corrected chi connectivity index (χ3v) is 3.96. The molecule has 0 fully saturated rings. The van der Waals surface area contributed by atoms with E-state index in [9.17, 15) is 4.39 Å². The van der Waals surface area contributed by atoms with Gasteiger partial charge >= 0.3 is 0 Å². The first kappa shape index (κ1) is 12.8. The number of rotatable bonds is 3. The molecule has 3 nitrogen and oxygen atoms in total. The summed E-state index contributed by atoms with van der Waals surface area (Å²) in [4.78, 5) is 8.55. The van der Waals surface area contributed by atoms with Crippen molar-refractivity contribution in [2.75, 3.05) is 0 Å². The molecule has 0 N–H and O–H groups in total. The minimum absolute atomic E-state index is 0.0769. The number of hydrogen-bond donors (Lipinski definition) is 0. The van der Waals surface area contributed by atoms with E-state index in [1.54, 1.807) is 11.6 Å². The van der Waals surface area contributed by atoms with Gasteiger partial charge in [0.05, 0.1) is 39.7 Å². The van der Waals surface area contributed by atoms with Crippen molar-refractivity contribution >= 4 is 45.6 Å². The number of alkyl halides is 1. The molecular weight excluding hydrogens is 308 g/mol. The molecule has 0 saturated carbocycles. The Balaban J connectivity index is 2.17. The minimum atomic E-state index is -0.478. The lowest BCUT2D eigenvalue weighted by Crippen LogP contribution is -2.04. The Labute approximate surface area is 122 Å². The highest BCUT2D eigenvalue weighted by molar-refractivity contribution is 7.07. The first-order valence-electron chi connectivity index (χ1n) is 5.46. The lowest BCUT2D eigenvalue weighted by molar-refractivity contribution is 0.629. The van der Waals surface area contributed by atoms with Crippen molar-refractivity contribution in [1.29, 1.82) is 0 Å². The quantitative estimate of drug-likeness (QED) is 0.682. The van der Waals surface area contributed by atoms with Crippen molar-refractivity contribution in [3.8, 4) is 0 Å². The normalized spacial score (nSPS) is 11.3. The van der Waals surface area contributed by atoms with E-state index in [1.807, 2.05) is 9.95 Å². The number of imidazole rings is 1. The maximum Gasteiger partial charge on any atom is 0.144 e. The van der Waals surface area contributed by atoms with E-state index >= 15 is 0 Å². The van der Waals surface area contributed by atoms with Crippen LogP contribution < -0.4 is 0 Å². The topological polar surface area (TPSA) is 30.7 Å². The van der Waals surface area contributed by atoms with Gasteiger partial charge in [-0.15, -0.1) is 22.9 Å². The predicted molar refractivity (Wildman–Crippen MR) is 75.5 cm³/mol. The van der Waals surface area contributed by atoms with Crippen LogP contribution in [0.1, 0.15) is 11.5 Å². The summed E-state index contributed by atoms with van der Waals surface area (Å²) in [7, 11) is 0.